The predicted octanol–water partition coefficient (Wildman–Crippen LogP) is 11.5. The van der Waals surface area contributed by atoms with Gasteiger partial charge in [0.25, 0.3) is 0 Å². The van der Waals surface area contributed by atoms with Crippen LogP contribution < -0.4 is 31.9 Å². The second-order valence-electron chi connectivity index (χ2n) is 12.1. The molecule has 6 N–H and O–H groups in total. The van der Waals surface area contributed by atoms with Gasteiger partial charge in [0, 0.05) is 24.5 Å². The van der Waals surface area contributed by atoms with Crippen LogP contribution >= 0.6 is 24.4 Å². The number of anilines is 6. The molecule has 54 heavy (non-hydrogen) atoms. The first-order valence-electron chi connectivity index (χ1n) is 15.4. The summed E-state index contributed by atoms with van der Waals surface area (Å²) in [6, 6.07) is 8.88. The molecule has 288 valence electrons. The van der Waals surface area contributed by atoms with Crippen molar-refractivity contribution in [2.24, 2.45) is 0 Å². The molecular weight excluding hydrogens is 785 g/mol. The van der Waals surface area contributed by atoms with Crippen LogP contribution in [0.1, 0.15) is 44.5 Å². The maximum atomic E-state index is 13.4. The third-order valence-corrected chi connectivity index (χ3v) is 8.24. The lowest BCUT2D eigenvalue weighted by molar-refractivity contribution is -0.144. The molecule has 0 saturated carbocycles. The fraction of sp³-hybridized carbons (Fsp3) is 0.235. The molecule has 0 saturated heterocycles. The molecule has 0 atom stereocenters. The van der Waals surface area contributed by atoms with Crippen LogP contribution in [0.4, 0.5) is 86.8 Å². The maximum Gasteiger partial charge on any atom is 0.416 e. The van der Waals surface area contributed by atoms with Gasteiger partial charge < -0.3 is 31.9 Å². The van der Waals surface area contributed by atoms with Gasteiger partial charge in [-0.05, 0) is 109 Å². The molecule has 0 radical (unpaired) electrons. The standard InChI is InChI=1S/C34H26F12N6S2/c1-15-3-17-13-47-28-18(4-16(2)6-26(28)52-30(54)50-24-11-21(33(41,42)43)8-22(12-24)34(44,45)46)14-48-27(17)25(5-15)51-29(53)49-23-9-19(31(35,36)37)7-20(10-23)32(38,39)40/h3-12,47-48H,13-14H2,1-2H3,(H2,49,51,53)(H2,50,52,54). The summed E-state index contributed by atoms with van der Waals surface area (Å²) in [6.07, 6.45) is -20.3. The van der Waals surface area contributed by atoms with Crippen molar-refractivity contribution in [3.63, 3.8) is 0 Å². The summed E-state index contributed by atoms with van der Waals surface area (Å²) in [5, 5.41) is 16.4. The summed E-state index contributed by atoms with van der Waals surface area (Å²) in [5.74, 6) is 0. The largest absolute Gasteiger partial charge is 0.416 e. The van der Waals surface area contributed by atoms with Crippen LogP contribution in [0.2, 0.25) is 0 Å². The molecule has 0 bridgehead atoms. The second-order valence-corrected chi connectivity index (χ2v) is 13.0. The van der Waals surface area contributed by atoms with Crippen LogP contribution in [0.3, 0.4) is 0 Å². The molecule has 6 nitrogen and oxygen atoms in total. The van der Waals surface area contributed by atoms with Crippen LogP contribution in [0.15, 0.2) is 60.7 Å². The van der Waals surface area contributed by atoms with Crippen molar-refractivity contribution in [3.8, 4) is 0 Å². The maximum absolute atomic E-state index is 13.4. The van der Waals surface area contributed by atoms with Crippen LogP contribution in [0.25, 0.3) is 0 Å². The Hall–Kier alpha value is -4.98. The minimum atomic E-state index is -5.06. The lowest BCUT2D eigenvalue weighted by Crippen LogP contribution is -2.23. The van der Waals surface area contributed by atoms with Gasteiger partial charge in [0.2, 0.25) is 0 Å². The van der Waals surface area contributed by atoms with Crippen molar-refractivity contribution >= 4 is 68.8 Å². The van der Waals surface area contributed by atoms with Gasteiger partial charge in [-0.2, -0.15) is 52.7 Å². The van der Waals surface area contributed by atoms with E-state index in [0.717, 1.165) is 0 Å². The number of alkyl halides is 12. The quantitative estimate of drug-likeness (QED) is 0.0900. The van der Waals surface area contributed by atoms with Crippen LogP contribution in [0, 0.1) is 13.8 Å². The molecule has 0 unspecified atom stereocenters. The minimum Gasteiger partial charge on any atom is -0.379 e. The first-order valence-corrected chi connectivity index (χ1v) is 16.2. The SMILES string of the molecule is Cc1cc2c(c(NC(=S)Nc3cc(C(F)(F)F)cc(C(F)(F)F)c3)c1)NCc1cc(C)cc(NC(=S)Nc3cc(C(F)(F)F)cc(C(F)(F)F)c3)c1NC2. The Labute approximate surface area is 309 Å². The zero-order valence-electron chi connectivity index (χ0n) is 27.5. The predicted molar refractivity (Wildman–Crippen MR) is 190 cm³/mol. The minimum absolute atomic E-state index is 0.00402. The van der Waals surface area contributed by atoms with Gasteiger partial charge in [0.05, 0.1) is 45.0 Å². The van der Waals surface area contributed by atoms with E-state index in [1.54, 1.807) is 38.1 Å². The van der Waals surface area contributed by atoms with Crippen molar-refractivity contribution in [3.05, 3.63) is 105 Å². The molecule has 0 amide bonds. The van der Waals surface area contributed by atoms with Crippen LogP contribution in [-0.2, 0) is 37.8 Å². The lowest BCUT2D eigenvalue weighted by atomic mass is 10.0. The van der Waals surface area contributed by atoms with Gasteiger partial charge in [0.15, 0.2) is 10.2 Å². The highest BCUT2D eigenvalue weighted by molar-refractivity contribution is 7.81. The van der Waals surface area contributed by atoms with E-state index in [0.29, 0.717) is 69.3 Å². The molecule has 4 aromatic carbocycles. The molecule has 1 aliphatic rings. The van der Waals surface area contributed by atoms with Crippen LogP contribution in [-0.4, -0.2) is 10.2 Å². The lowest BCUT2D eigenvalue weighted by Gasteiger charge is -2.26. The number of nitrogens with one attached hydrogen (secondary N) is 6. The summed E-state index contributed by atoms with van der Waals surface area (Å²) >= 11 is 10.5. The Morgan fingerprint density at radius 3 is 1.04 bits per heavy atom. The van der Waals surface area contributed by atoms with Crippen LogP contribution in [0.5, 0.6) is 0 Å². The molecule has 0 aromatic heterocycles. The zero-order valence-corrected chi connectivity index (χ0v) is 29.2. The number of thiocarbonyl (C=S) groups is 2. The van der Waals surface area contributed by atoms with Crippen molar-refractivity contribution in [2.45, 2.75) is 51.6 Å². The van der Waals surface area contributed by atoms with E-state index in [1.807, 2.05) is 0 Å². The molecule has 1 aliphatic heterocycles. The van der Waals surface area contributed by atoms with E-state index in [1.165, 1.54) is 0 Å². The van der Waals surface area contributed by atoms with Crippen molar-refractivity contribution in [1.82, 2.24) is 0 Å². The zero-order chi connectivity index (χ0) is 40.0. The van der Waals surface area contributed by atoms with Gasteiger partial charge in [0.1, 0.15) is 0 Å². The van der Waals surface area contributed by atoms with E-state index in [-0.39, 0.29) is 35.4 Å². The summed E-state index contributed by atoms with van der Waals surface area (Å²) in [5.41, 5.74) is -2.90. The Morgan fingerprint density at radius 1 is 0.463 bits per heavy atom. The molecule has 4 aromatic rings. The summed E-state index contributed by atoms with van der Waals surface area (Å²) in [4.78, 5) is 0. The molecule has 20 heteroatoms. The second kappa shape index (κ2) is 14.7. The number of fused-ring (bicyclic) bond motifs is 2. The Bertz CT molecular complexity index is 1890. The van der Waals surface area contributed by atoms with Gasteiger partial charge >= 0.3 is 24.7 Å². The monoisotopic (exact) mass is 810 g/mol. The molecular formula is C34H26F12N6S2. The molecule has 5 rings (SSSR count). The smallest absolute Gasteiger partial charge is 0.379 e. The number of hydrogen-bond acceptors (Lipinski definition) is 4. The van der Waals surface area contributed by atoms with E-state index in [4.69, 9.17) is 24.4 Å². The van der Waals surface area contributed by atoms with E-state index >= 15 is 0 Å². The number of hydrogen-bond donors (Lipinski definition) is 6. The highest BCUT2D eigenvalue weighted by Gasteiger charge is 2.38. The third-order valence-electron chi connectivity index (χ3n) is 7.83. The summed E-state index contributed by atoms with van der Waals surface area (Å²) in [7, 11) is 0. The van der Waals surface area contributed by atoms with Crippen molar-refractivity contribution in [1.29, 1.82) is 0 Å². The van der Waals surface area contributed by atoms with E-state index in [2.05, 4.69) is 31.9 Å². The molecule has 1 heterocycles. The molecule has 0 spiro atoms. The van der Waals surface area contributed by atoms with Gasteiger partial charge in [-0.15, -0.1) is 0 Å². The number of benzene rings is 4. The Morgan fingerprint density at radius 2 is 0.759 bits per heavy atom. The topological polar surface area (TPSA) is 72.2 Å². The average molecular weight is 811 g/mol. The number of rotatable bonds is 4. The third kappa shape index (κ3) is 9.76. The van der Waals surface area contributed by atoms with Gasteiger partial charge in [-0.1, -0.05) is 12.1 Å². The first kappa shape index (κ1) is 40.2. The van der Waals surface area contributed by atoms with Gasteiger partial charge in [-0.3, -0.25) is 0 Å². The summed E-state index contributed by atoms with van der Waals surface area (Å²) < 4.78 is 161. The average Bonchev–Trinajstić information content (AvgIpc) is 3.00. The molecule has 0 fully saturated rings. The fourth-order valence-corrected chi connectivity index (χ4v) is 6.06. The van der Waals surface area contributed by atoms with Crippen molar-refractivity contribution in [2.75, 3.05) is 31.9 Å². The molecule has 0 aliphatic carbocycles. The van der Waals surface area contributed by atoms with E-state index < -0.39 is 58.3 Å². The first-order chi connectivity index (χ1) is 24.9. The highest BCUT2D eigenvalue weighted by Crippen LogP contribution is 2.40. The number of halogens is 12. The highest BCUT2D eigenvalue weighted by atomic mass is 32.1. The van der Waals surface area contributed by atoms with E-state index in [9.17, 15) is 52.7 Å². The van der Waals surface area contributed by atoms with Crippen molar-refractivity contribution < 1.29 is 52.7 Å². The Kier molecular flexibility index (Phi) is 10.9. The summed E-state index contributed by atoms with van der Waals surface area (Å²) in [6.45, 7) is 3.70. The fourth-order valence-electron chi connectivity index (χ4n) is 5.61. The Balaban J connectivity index is 1.37. The van der Waals surface area contributed by atoms with Gasteiger partial charge in [-0.25, -0.2) is 0 Å². The number of aryl methyl sites for hydroxylation is 2. The normalized spacial score (nSPS) is 13.3.